The van der Waals surface area contributed by atoms with Gasteiger partial charge < -0.3 is 9.84 Å². The Kier molecular flexibility index (Phi) is 4.08. The summed E-state index contributed by atoms with van der Waals surface area (Å²) in [6.07, 6.45) is 0.0102. The molecule has 1 aromatic carbocycles. The second-order valence-electron chi connectivity index (χ2n) is 5.41. The highest BCUT2D eigenvalue weighted by molar-refractivity contribution is 5.31. The van der Waals surface area contributed by atoms with E-state index < -0.39 is 23.3 Å². The van der Waals surface area contributed by atoms with E-state index in [-0.39, 0.29) is 5.82 Å². The van der Waals surface area contributed by atoms with E-state index in [9.17, 15) is 18.3 Å². The van der Waals surface area contributed by atoms with Crippen LogP contribution in [0.2, 0.25) is 0 Å². The molecule has 1 heterocycles. The van der Waals surface area contributed by atoms with E-state index in [4.69, 9.17) is 4.74 Å². The molecule has 1 aliphatic carbocycles. The van der Waals surface area contributed by atoms with Gasteiger partial charge in [0.2, 0.25) is 0 Å². The van der Waals surface area contributed by atoms with Crippen LogP contribution in [0.5, 0.6) is 0 Å². The molecule has 2 aliphatic rings. The van der Waals surface area contributed by atoms with Gasteiger partial charge >= 0.3 is 6.18 Å². The van der Waals surface area contributed by atoms with Gasteiger partial charge in [-0.15, -0.1) is 10.2 Å². The predicted molar refractivity (Wildman–Crippen MR) is 73.9 cm³/mol. The molecule has 0 spiro atoms. The Hall–Kier alpha value is -2.71. The molecule has 1 fully saturated rings. The summed E-state index contributed by atoms with van der Waals surface area (Å²) in [7, 11) is 0. The molecule has 0 atom stereocenters. The maximum atomic E-state index is 12.6. The number of hydrogen-bond acceptors (Lipinski definition) is 6. The quantitative estimate of drug-likeness (QED) is 0.779. The van der Waals surface area contributed by atoms with Gasteiger partial charge in [0.1, 0.15) is 0 Å². The number of ether oxygens (including phenoxy) is 1. The van der Waals surface area contributed by atoms with Crippen molar-refractivity contribution in [2.75, 3.05) is 0 Å². The second-order valence-corrected chi connectivity index (χ2v) is 5.41. The number of hydrogen-bond donors (Lipinski definition) is 0. The molecular formula is C15H12F3N4O2-. The third-order valence-corrected chi connectivity index (χ3v) is 3.90. The number of benzene rings is 1. The number of halogens is 3. The minimum atomic E-state index is -4.40. The normalized spacial score (nSPS) is 19.3. The molecule has 0 radical (unpaired) electrons. The Morgan fingerprint density at radius 2 is 1.75 bits per heavy atom. The van der Waals surface area contributed by atoms with Crippen molar-refractivity contribution < 1.29 is 23.0 Å². The smallest absolute Gasteiger partial charge is 0.416 e. The Bertz CT molecular complexity index is 718. The van der Waals surface area contributed by atoms with Crippen LogP contribution in [-0.4, -0.2) is 0 Å². The fourth-order valence-electron chi connectivity index (χ4n) is 2.50. The van der Waals surface area contributed by atoms with Crippen molar-refractivity contribution in [3.05, 3.63) is 59.3 Å². The van der Waals surface area contributed by atoms with Gasteiger partial charge in [-0.25, -0.2) is 0 Å². The molecule has 126 valence electrons. The number of alkyl halides is 3. The van der Waals surface area contributed by atoms with E-state index in [0.717, 1.165) is 24.6 Å². The van der Waals surface area contributed by atoms with Crippen LogP contribution in [-0.2, 0) is 16.5 Å². The summed E-state index contributed by atoms with van der Waals surface area (Å²) in [6.45, 7) is 0. The molecule has 0 bridgehead atoms. The van der Waals surface area contributed by atoms with Crippen LogP contribution in [0.1, 0.15) is 30.4 Å². The molecule has 1 saturated carbocycles. The molecule has 3 rings (SSSR count). The van der Waals surface area contributed by atoms with Crippen LogP contribution >= 0.6 is 0 Å². The van der Waals surface area contributed by atoms with Crippen molar-refractivity contribution >= 4 is 0 Å². The topological polar surface area (TPSA) is 81.7 Å². The standard InChI is InChI=1S/C15H13F3N4O2/c16-15(17,18)11-4-2-10(3-5-11)14(8-1-9-14)24-13(23)7-6-12-19-21-22-20-12/h2-7,23H,1,8-9H2/p-1/b13-7+. The lowest BCUT2D eigenvalue weighted by atomic mass is 9.74. The third kappa shape index (κ3) is 3.29. The Morgan fingerprint density at radius 1 is 1.12 bits per heavy atom. The molecule has 0 aromatic heterocycles. The summed E-state index contributed by atoms with van der Waals surface area (Å²) in [5.41, 5.74) is -1.06. The van der Waals surface area contributed by atoms with Gasteiger partial charge in [0, 0.05) is 5.60 Å². The monoisotopic (exact) mass is 337 g/mol. The number of nitrogens with zero attached hydrogens (tertiary/aromatic N) is 4. The molecule has 24 heavy (non-hydrogen) atoms. The maximum Gasteiger partial charge on any atom is 0.416 e. The molecule has 0 N–H and O–H groups in total. The summed E-state index contributed by atoms with van der Waals surface area (Å²) in [4.78, 5) is 0. The van der Waals surface area contributed by atoms with Crippen molar-refractivity contribution in [1.82, 2.24) is 0 Å². The molecule has 1 aromatic rings. The van der Waals surface area contributed by atoms with E-state index in [0.29, 0.717) is 18.4 Å². The average molecular weight is 337 g/mol. The van der Waals surface area contributed by atoms with Gasteiger partial charge in [0.25, 0.3) is 0 Å². The molecular weight excluding hydrogens is 325 g/mol. The highest BCUT2D eigenvalue weighted by Gasteiger charge is 2.37. The Morgan fingerprint density at radius 3 is 2.25 bits per heavy atom. The molecule has 9 heteroatoms. The zero-order chi connectivity index (χ0) is 17.2. The summed E-state index contributed by atoms with van der Waals surface area (Å²) in [5.74, 6) is -0.455. The van der Waals surface area contributed by atoms with Gasteiger partial charge in [-0.3, -0.25) is 0 Å². The van der Waals surface area contributed by atoms with Crippen LogP contribution in [0.25, 0.3) is 0 Å². The van der Waals surface area contributed by atoms with Crippen molar-refractivity contribution in [3.8, 4) is 0 Å². The first-order chi connectivity index (χ1) is 11.4. The van der Waals surface area contributed by atoms with E-state index in [2.05, 4.69) is 20.7 Å². The first-order valence-electron chi connectivity index (χ1n) is 7.17. The van der Waals surface area contributed by atoms with Gasteiger partial charge in [0.05, 0.1) is 11.5 Å². The maximum absolute atomic E-state index is 12.6. The van der Waals surface area contributed by atoms with Crippen LogP contribution < -0.4 is 5.11 Å². The van der Waals surface area contributed by atoms with Crippen molar-refractivity contribution in [1.29, 1.82) is 0 Å². The number of allylic oxidation sites excluding steroid dienone is 2. The molecule has 1 aliphatic heterocycles. The first kappa shape index (κ1) is 16.2. The largest absolute Gasteiger partial charge is 0.602 e. The summed E-state index contributed by atoms with van der Waals surface area (Å²) in [5, 5.41) is 25.6. The second kappa shape index (κ2) is 6.06. The van der Waals surface area contributed by atoms with Crippen LogP contribution in [0.15, 0.2) is 68.9 Å². The van der Waals surface area contributed by atoms with Crippen LogP contribution in [0.3, 0.4) is 0 Å². The van der Waals surface area contributed by atoms with Gasteiger partial charge in [-0.05, 0) is 59.6 Å². The molecule has 6 nitrogen and oxygen atoms in total. The SMILES string of the molecule is [O-]/C(=C\C=C1N=NN=N1)OC1(c2ccc(C(F)(F)F)cc2)CCC1. The van der Waals surface area contributed by atoms with Gasteiger partial charge in [0.15, 0.2) is 5.82 Å². The highest BCUT2D eigenvalue weighted by atomic mass is 19.4. The fraction of sp³-hybridized carbons (Fsp3) is 0.333. The lowest BCUT2D eigenvalue weighted by Gasteiger charge is -2.49. The minimum absolute atomic E-state index is 0.170. The Labute approximate surface area is 135 Å². The zero-order valence-electron chi connectivity index (χ0n) is 12.3. The van der Waals surface area contributed by atoms with Gasteiger partial charge in [-0.1, -0.05) is 12.1 Å². The number of rotatable bonds is 4. The average Bonchev–Trinajstić information content (AvgIpc) is 3.01. The van der Waals surface area contributed by atoms with Crippen molar-refractivity contribution in [3.63, 3.8) is 0 Å². The van der Waals surface area contributed by atoms with E-state index in [1.807, 2.05) is 0 Å². The lowest BCUT2D eigenvalue weighted by molar-refractivity contribution is -0.378. The van der Waals surface area contributed by atoms with Crippen molar-refractivity contribution in [2.45, 2.75) is 31.0 Å². The summed E-state index contributed by atoms with van der Waals surface area (Å²) in [6, 6.07) is 4.70. The fourth-order valence-corrected chi connectivity index (χ4v) is 2.50. The molecule has 0 amide bonds. The first-order valence-corrected chi connectivity index (χ1v) is 7.17. The summed E-state index contributed by atoms with van der Waals surface area (Å²) >= 11 is 0. The lowest BCUT2D eigenvalue weighted by Crippen LogP contribution is -2.38. The van der Waals surface area contributed by atoms with Gasteiger partial charge in [-0.2, -0.15) is 13.2 Å². The van der Waals surface area contributed by atoms with Crippen molar-refractivity contribution in [2.24, 2.45) is 20.7 Å². The van der Waals surface area contributed by atoms with Crippen LogP contribution in [0.4, 0.5) is 13.2 Å². The highest BCUT2D eigenvalue weighted by Crippen LogP contribution is 2.46. The van der Waals surface area contributed by atoms with E-state index >= 15 is 0 Å². The molecule has 0 unspecified atom stereocenters. The third-order valence-electron chi connectivity index (χ3n) is 3.90. The van der Waals surface area contributed by atoms with Crippen LogP contribution in [0, 0.1) is 0 Å². The molecule has 0 saturated heterocycles. The van der Waals surface area contributed by atoms with E-state index in [1.165, 1.54) is 18.2 Å². The predicted octanol–water partition coefficient (Wildman–Crippen LogP) is 3.98. The Balaban J connectivity index is 1.77. The minimum Gasteiger partial charge on any atom is -0.602 e. The van der Waals surface area contributed by atoms with E-state index in [1.54, 1.807) is 0 Å². The zero-order valence-corrected chi connectivity index (χ0v) is 12.3. The summed E-state index contributed by atoms with van der Waals surface area (Å²) < 4.78 is 43.4.